The molecule has 0 aliphatic carbocycles. The average molecular weight is 393 g/mol. The average Bonchev–Trinajstić information content (AvgIpc) is 3.36. The van der Waals surface area contributed by atoms with Gasteiger partial charge in [-0.3, -0.25) is 4.79 Å². The second-order valence-corrected chi connectivity index (χ2v) is 6.25. The van der Waals surface area contributed by atoms with E-state index in [2.05, 4.69) is 15.5 Å². The molecule has 8 heteroatoms. The van der Waals surface area contributed by atoms with Crippen LogP contribution in [0.3, 0.4) is 0 Å². The van der Waals surface area contributed by atoms with Crippen LogP contribution >= 0.6 is 0 Å². The summed E-state index contributed by atoms with van der Waals surface area (Å²) in [7, 11) is 3.14. The lowest BCUT2D eigenvalue weighted by molar-refractivity contribution is -0.122. The Morgan fingerprint density at radius 1 is 1.14 bits per heavy atom. The first kappa shape index (κ1) is 18.5. The van der Waals surface area contributed by atoms with Crippen molar-refractivity contribution >= 4 is 16.9 Å². The minimum Gasteiger partial charge on any atom is -0.492 e. The van der Waals surface area contributed by atoms with Crippen molar-refractivity contribution in [3.63, 3.8) is 0 Å². The number of aromatic nitrogens is 2. The molecule has 0 aliphatic rings. The Balaban J connectivity index is 1.49. The maximum absolute atomic E-state index is 11.2. The van der Waals surface area contributed by atoms with Gasteiger partial charge in [-0.05, 0) is 29.8 Å². The Bertz CT molecular complexity index is 1130. The van der Waals surface area contributed by atoms with Crippen LogP contribution in [0.5, 0.6) is 11.5 Å². The molecule has 4 aromatic rings. The fourth-order valence-electron chi connectivity index (χ4n) is 2.89. The molecule has 2 aromatic heterocycles. The van der Waals surface area contributed by atoms with Crippen LogP contribution in [-0.4, -0.2) is 36.8 Å². The van der Waals surface area contributed by atoms with Gasteiger partial charge in [-0.15, -0.1) is 0 Å². The summed E-state index contributed by atoms with van der Waals surface area (Å²) in [6.07, 6.45) is 0.450. The summed E-state index contributed by atoms with van der Waals surface area (Å²) in [6, 6.07) is 14.9. The zero-order valence-electron chi connectivity index (χ0n) is 16.0. The third-order valence-corrected chi connectivity index (χ3v) is 4.35. The number of ether oxygens (including phenoxy) is 2. The van der Waals surface area contributed by atoms with E-state index in [0.29, 0.717) is 41.0 Å². The number of nitrogens with one attached hydrogen (secondary N) is 1. The number of carbonyl (C=O) groups excluding carboxylic acids is 1. The number of hydrogen-bond donors (Lipinski definition) is 1. The van der Waals surface area contributed by atoms with Crippen LogP contribution in [0.15, 0.2) is 57.5 Å². The Kier molecular flexibility index (Phi) is 5.15. The molecule has 1 N–H and O–H groups in total. The minimum atomic E-state index is -0.187. The van der Waals surface area contributed by atoms with Crippen molar-refractivity contribution in [2.75, 3.05) is 20.8 Å². The summed E-state index contributed by atoms with van der Waals surface area (Å²) >= 11 is 0. The number of likely N-dealkylation sites (N-methyl/N-ethyl adjacent to an activating group) is 1. The number of fused-ring (bicyclic) bond motifs is 1. The quantitative estimate of drug-likeness (QED) is 0.515. The number of rotatable bonds is 7. The molecule has 0 radical (unpaired) electrons. The molecule has 2 aromatic carbocycles. The molecule has 0 bridgehead atoms. The highest BCUT2D eigenvalue weighted by Crippen LogP contribution is 2.38. The number of methoxy groups -OCH3 is 1. The minimum absolute atomic E-state index is 0.0256. The summed E-state index contributed by atoms with van der Waals surface area (Å²) < 4.78 is 22.1. The Labute approximate surface area is 166 Å². The summed E-state index contributed by atoms with van der Waals surface area (Å²) in [5.41, 5.74) is 1.65. The van der Waals surface area contributed by atoms with Crippen LogP contribution in [0.1, 0.15) is 11.5 Å². The van der Waals surface area contributed by atoms with Crippen molar-refractivity contribution in [1.29, 1.82) is 0 Å². The smallest absolute Gasteiger partial charge is 0.257 e. The monoisotopic (exact) mass is 393 g/mol. The number of furan rings is 1. The van der Waals surface area contributed by atoms with Gasteiger partial charge in [-0.25, -0.2) is 0 Å². The van der Waals surface area contributed by atoms with Crippen molar-refractivity contribution in [3.05, 3.63) is 60.0 Å². The van der Waals surface area contributed by atoms with Crippen molar-refractivity contribution in [2.45, 2.75) is 6.42 Å². The van der Waals surface area contributed by atoms with Gasteiger partial charge in [0.2, 0.25) is 17.5 Å². The molecule has 0 fully saturated rings. The van der Waals surface area contributed by atoms with Gasteiger partial charge < -0.3 is 23.7 Å². The predicted molar refractivity (Wildman–Crippen MR) is 105 cm³/mol. The standard InChI is InChI=1S/C21H19N3O5/c1-22-17(25)12-27-14-9-7-13(8-10-14)11-18-23-21(24-29-18)20-19(26-2)15-5-3-4-6-16(15)28-20/h3-10H,11-12H2,1-2H3,(H,22,25). The molecule has 148 valence electrons. The molecular weight excluding hydrogens is 374 g/mol. The first-order valence-electron chi connectivity index (χ1n) is 8.98. The number of carbonyl (C=O) groups is 1. The van der Waals surface area contributed by atoms with Gasteiger partial charge in [0.25, 0.3) is 5.91 Å². The predicted octanol–water partition coefficient (Wildman–Crippen LogP) is 3.21. The van der Waals surface area contributed by atoms with E-state index in [0.717, 1.165) is 10.9 Å². The van der Waals surface area contributed by atoms with Crippen molar-refractivity contribution < 1.29 is 23.2 Å². The Morgan fingerprint density at radius 2 is 1.93 bits per heavy atom. The summed E-state index contributed by atoms with van der Waals surface area (Å²) in [4.78, 5) is 15.7. The van der Waals surface area contributed by atoms with Gasteiger partial charge in [0.1, 0.15) is 11.3 Å². The van der Waals surface area contributed by atoms with E-state index in [1.165, 1.54) is 0 Å². The molecule has 0 atom stereocenters. The van der Waals surface area contributed by atoms with E-state index in [-0.39, 0.29) is 12.5 Å². The molecule has 0 saturated carbocycles. The zero-order chi connectivity index (χ0) is 20.2. The number of para-hydroxylation sites is 1. The first-order valence-corrected chi connectivity index (χ1v) is 8.98. The molecule has 0 spiro atoms. The Morgan fingerprint density at radius 3 is 2.69 bits per heavy atom. The molecule has 4 rings (SSSR count). The summed E-state index contributed by atoms with van der Waals surface area (Å²) in [6.45, 7) is -0.0256. The van der Waals surface area contributed by atoms with E-state index < -0.39 is 0 Å². The number of benzene rings is 2. The van der Waals surface area contributed by atoms with Crippen LogP contribution in [0.4, 0.5) is 0 Å². The van der Waals surface area contributed by atoms with E-state index in [4.69, 9.17) is 18.4 Å². The molecule has 1 amide bonds. The summed E-state index contributed by atoms with van der Waals surface area (Å²) in [5, 5.41) is 7.39. The largest absolute Gasteiger partial charge is 0.492 e. The van der Waals surface area contributed by atoms with E-state index in [9.17, 15) is 4.79 Å². The fourth-order valence-corrected chi connectivity index (χ4v) is 2.89. The second-order valence-electron chi connectivity index (χ2n) is 6.25. The number of nitrogens with zero attached hydrogens (tertiary/aromatic N) is 2. The van der Waals surface area contributed by atoms with E-state index in [1.54, 1.807) is 26.3 Å². The molecule has 0 unspecified atom stereocenters. The normalized spacial score (nSPS) is 10.8. The zero-order valence-corrected chi connectivity index (χ0v) is 16.0. The molecule has 0 saturated heterocycles. The van der Waals surface area contributed by atoms with Crippen molar-refractivity contribution in [2.24, 2.45) is 0 Å². The lowest BCUT2D eigenvalue weighted by Crippen LogP contribution is -2.24. The van der Waals surface area contributed by atoms with Gasteiger partial charge in [0, 0.05) is 7.05 Å². The van der Waals surface area contributed by atoms with Crippen LogP contribution in [0.2, 0.25) is 0 Å². The van der Waals surface area contributed by atoms with Crippen molar-refractivity contribution in [3.8, 4) is 23.1 Å². The van der Waals surface area contributed by atoms with Crippen LogP contribution in [0.25, 0.3) is 22.6 Å². The number of amides is 1. The van der Waals surface area contributed by atoms with Crippen LogP contribution < -0.4 is 14.8 Å². The Hall–Kier alpha value is -3.81. The third kappa shape index (κ3) is 3.91. The summed E-state index contributed by atoms with van der Waals surface area (Å²) in [5.74, 6) is 2.20. The van der Waals surface area contributed by atoms with E-state index >= 15 is 0 Å². The highest BCUT2D eigenvalue weighted by atomic mass is 16.5. The lowest BCUT2D eigenvalue weighted by atomic mass is 10.1. The van der Waals surface area contributed by atoms with Crippen LogP contribution in [-0.2, 0) is 11.2 Å². The second kappa shape index (κ2) is 8.05. The number of hydrogen-bond acceptors (Lipinski definition) is 7. The molecular formula is C21H19N3O5. The molecule has 29 heavy (non-hydrogen) atoms. The fraction of sp³-hybridized carbons (Fsp3) is 0.190. The van der Waals surface area contributed by atoms with Gasteiger partial charge in [-0.1, -0.05) is 29.4 Å². The maximum atomic E-state index is 11.2. The van der Waals surface area contributed by atoms with Gasteiger partial charge in [-0.2, -0.15) is 4.98 Å². The lowest BCUT2D eigenvalue weighted by Gasteiger charge is -2.05. The molecule has 8 nitrogen and oxygen atoms in total. The maximum Gasteiger partial charge on any atom is 0.257 e. The molecule has 2 heterocycles. The highest BCUT2D eigenvalue weighted by molar-refractivity contribution is 5.90. The van der Waals surface area contributed by atoms with Gasteiger partial charge in [0.15, 0.2) is 12.4 Å². The molecule has 0 aliphatic heterocycles. The van der Waals surface area contributed by atoms with Gasteiger partial charge in [0.05, 0.1) is 18.9 Å². The van der Waals surface area contributed by atoms with Gasteiger partial charge >= 0.3 is 0 Å². The van der Waals surface area contributed by atoms with E-state index in [1.807, 2.05) is 36.4 Å². The SMILES string of the molecule is CNC(=O)COc1ccc(Cc2nc(-c3oc4ccccc4c3OC)no2)cc1. The van der Waals surface area contributed by atoms with Crippen molar-refractivity contribution in [1.82, 2.24) is 15.5 Å². The highest BCUT2D eigenvalue weighted by Gasteiger charge is 2.21. The first-order chi connectivity index (χ1) is 14.2. The third-order valence-electron chi connectivity index (χ3n) is 4.35. The van der Waals surface area contributed by atoms with Crippen LogP contribution in [0, 0.1) is 0 Å². The topological polar surface area (TPSA) is 99.6 Å².